The number of hydrogen-bond acceptors (Lipinski definition) is 7. The van der Waals surface area contributed by atoms with E-state index in [1.807, 2.05) is 12.1 Å². The Bertz CT molecular complexity index is 1530. The number of rotatable bonds is 7. The summed E-state index contributed by atoms with van der Waals surface area (Å²) in [5, 5.41) is 13.1. The van der Waals surface area contributed by atoms with E-state index in [9.17, 15) is 13.2 Å². The number of ether oxygens (including phenoxy) is 1. The largest absolute Gasteiger partial charge is 0.395 e. The van der Waals surface area contributed by atoms with Gasteiger partial charge in [0.25, 0.3) is 5.91 Å². The Kier molecular flexibility index (Phi) is 6.35. The summed E-state index contributed by atoms with van der Waals surface area (Å²) in [5.74, 6) is -0.133. The summed E-state index contributed by atoms with van der Waals surface area (Å²) >= 11 is 0. The third-order valence-corrected chi connectivity index (χ3v) is 9.49. The van der Waals surface area contributed by atoms with E-state index >= 15 is 0 Å². The second-order valence-electron chi connectivity index (χ2n) is 11.7. The van der Waals surface area contributed by atoms with Gasteiger partial charge in [0.05, 0.1) is 47.9 Å². The Labute approximate surface area is 228 Å². The van der Waals surface area contributed by atoms with E-state index in [0.29, 0.717) is 29.1 Å². The third-order valence-electron chi connectivity index (χ3n) is 8.25. The van der Waals surface area contributed by atoms with Gasteiger partial charge in [0.15, 0.2) is 0 Å². The van der Waals surface area contributed by atoms with Gasteiger partial charge in [-0.2, -0.15) is 0 Å². The molecule has 3 aromatic rings. The Hall–Kier alpha value is -3.15. The number of amides is 1. The van der Waals surface area contributed by atoms with Crippen LogP contribution in [0.4, 0.5) is 17.3 Å². The molecule has 208 valence electrons. The molecule has 0 unspecified atom stereocenters. The second-order valence-corrected chi connectivity index (χ2v) is 13.5. The first-order valence-corrected chi connectivity index (χ1v) is 15.2. The van der Waals surface area contributed by atoms with E-state index in [-0.39, 0.29) is 17.3 Å². The number of carbonyl (C=O) groups is 1. The molecular weight excluding hydrogens is 518 g/mol. The highest BCUT2D eigenvalue weighted by Gasteiger charge is 2.45. The molecule has 2 aliphatic heterocycles. The first-order chi connectivity index (χ1) is 18.6. The van der Waals surface area contributed by atoms with Crippen molar-refractivity contribution < 1.29 is 23.1 Å². The number of anilines is 3. The Morgan fingerprint density at radius 3 is 2.62 bits per heavy atom. The lowest BCUT2D eigenvalue weighted by Gasteiger charge is -2.34. The number of aliphatic hydroxyl groups is 1. The first kappa shape index (κ1) is 26.1. The van der Waals surface area contributed by atoms with Gasteiger partial charge in [-0.15, -0.1) is 0 Å². The minimum Gasteiger partial charge on any atom is -0.395 e. The minimum absolute atomic E-state index is 0.131. The molecule has 1 aliphatic carbocycles. The van der Waals surface area contributed by atoms with Gasteiger partial charge in [-0.1, -0.05) is 6.07 Å². The van der Waals surface area contributed by atoms with Crippen molar-refractivity contribution in [3.8, 4) is 0 Å². The van der Waals surface area contributed by atoms with Crippen molar-refractivity contribution in [1.29, 1.82) is 0 Å². The van der Waals surface area contributed by atoms with Crippen molar-refractivity contribution in [3.63, 3.8) is 0 Å². The van der Waals surface area contributed by atoms with Gasteiger partial charge in [-0.25, -0.2) is 13.4 Å². The number of nitrogens with one attached hydrogen (secondary N) is 2. The van der Waals surface area contributed by atoms with Crippen LogP contribution in [0.5, 0.6) is 0 Å². The fourth-order valence-electron chi connectivity index (χ4n) is 5.76. The second kappa shape index (κ2) is 9.50. The zero-order chi connectivity index (χ0) is 27.4. The summed E-state index contributed by atoms with van der Waals surface area (Å²) in [7, 11) is -3.75. The zero-order valence-corrected chi connectivity index (χ0v) is 23.2. The van der Waals surface area contributed by atoms with Crippen LogP contribution in [-0.4, -0.2) is 60.0 Å². The molecule has 1 saturated heterocycles. The Morgan fingerprint density at radius 1 is 1.13 bits per heavy atom. The number of aromatic nitrogens is 2. The van der Waals surface area contributed by atoms with Crippen molar-refractivity contribution in [2.75, 3.05) is 40.4 Å². The average Bonchev–Trinajstić information content (AvgIpc) is 3.54. The summed E-state index contributed by atoms with van der Waals surface area (Å²) in [6.45, 7) is 6.40. The molecule has 1 spiro atoms. The fourth-order valence-corrected chi connectivity index (χ4v) is 6.54. The molecule has 0 atom stereocenters. The van der Waals surface area contributed by atoms with Crippen LogP contribution in [0.3, 0.4) is 0 Å². The maximum atomic E-state index is 13.7. The molecule has 6 rings (SSSR count). The lowest BCUT2D eigenvalue weighted by Crippen LogP contribution is -2.36. The number of hydrogen-bond donors (Lipinski definition) is 3. The highest BCUT2D eigenvalue weighted by molar-refractivity contribution is 7.92. The van der Waals surface area contributed by atoms with Gasteiger partial charge >= 0.3 is 0 Å². The highest BCUT2D eigenvalue weighted by atomic mass is 32.2. The molecule has 3 aliphatic rings. The lowest BCUT2D eigenvalue weighted by atomic mass is 9.93. The number of pyridine rings is 1. The number of nitrogens with zero attached hydrogens (tertiary/aromatic N) is 3. The third kappa shape index (κ3) is 5.22. The maximum absolute atomic E-state index is 13.7. The van der Waals surface area contributed by atoms with Gasteiger partial charge < -0.3 is 24.6 Å². The summed E-state index contributed by atoms with van der Waals surface area (Å²) in [6, 6.07) is 11.1. The standard InChI is InChI=1S/C28H35N5O5S/c1-27(2)18-33-19(17-38-27)16-21-22(4-3-5-23(21)33)29-26(35)20-6-7-24(31-39(36,37)15-14-34)30-25(20)32-12-10-28(8-9-28)11-13-32/h3-7,16,34H,8-15,17-18H2,1-2H3,(H,29,35)(H,30,31). The van der Waals surface area contributed by atoms with E-state index in [2.05, 4.69) is 50.5 Å². The summed E-state index contributed by atoms with van der Waals surface area (Å²) in [5.41, 5.74) is 3.35. The van der Waals surface area contributed by atoms with E-state index in [0.717, 1.165) is 49.1 Å². The molecule has 0 bridgehead atoms. The predicted octanol–water partition coefficient (Wildman–Crippen LogP) is 3.71. The normalized spacial score (nSPS) is 19.6. The van der Waals surface area contributed by atoms with Gasteiger partial charge in [0.1, 0.15) is 11.6 Å². The van der Waals surface area contributed by atoms with Crippen molar-refractivity contribution in [3.05, 3.63) is 47.7 Å². The first-order valence-electron chi connectivity index (χ1n) is 13.5. The van der Waals surface area contributed by atoms with E-state index in [1.54, 1.807) is 6.07 Å². The molecular formula is C28H35N5O5S. The summed E-state index contributed by atoms with van der Waals surface area (Å²) < 4.78 is 35.2. The van der Waals surface area contributed by atoms with Crippen LogP contribution in [0.1, 0.15) is 55.6 Å². The molecule has 4 heterocycles. The molecule has 1 saturated carbocycles. The van der Waals surface area contributed by atoms with E-state index < -0.39 is 22.4 Å². The molecule has 39 heavy (non-hydrogen) atoms. The summed E-state index contributed by atoms with van der Waals surface area (Å²) in [4.78, 5) is 20.4. The van der Waals surface area contributed by atoms with Gasteiger partial charge in [-0.3, -0.25) is 9.52 Å². The van der Waals surface area contributed by atoms with Gasteiger partial charge in [-0.05, 0) is 75.3 Å². The Balaban J connectivity index is 1.32. The molecule has 1 amide bonds. The molecule has 1 aromatic carbocycles. The van der Waals surface area contributed by atoms with Crippen molar-refractivity contribution >= 4 is 44.2 Å². The number of fused-ring (bicyclic) bond motifs is 3. The molecule has 11 heteroatoms. The SMILES string of the molecule is CC1(C)Cn2c(cc3c(NC(=O)c4ccc(NS(=O)(=O)CCO)nc4N4CCC5(CC4)CC5)cccc32)CO1. The number of sulfonamides is 1. The van der Waals surface area contributed by atoms with Crippen molar-refractivity contribution in [1.82, 2.24) is 9.55 Å². The quantitative estimate of drug-likeness (QED) is 0.407. The number of aliphatic hydroxyl groups excluding tert-OH is 1. The van der Waals surface area contributed by atoms with E-state index in [4.69, 9.17) is 9.84 Å². The summed E-state index contributed by atoms with van der Waals surface area (Å²) in [6.07, 6.45) is 4.56. The highest BCUT2D eigenvalue weighted by Crippen LogP contribution is 2.54. The van der Waals surface area contributed by atoms with Crippen LogP contribution in [0.2, 0.25) is 0 Å². The molecule has 3 N–H and O–H groups in total. The minimum atomic E-state index is -3.75. The van der Waals surface area contributed by atoms with Crippen molar-refractivity contribution in [2.24, 2.45) is 5.41 Å². The van der Waals surface area contributed by atoms with Crippen LogP contribution in [0, 0.1) is 5.41 Å². The van der Waals surface area contributed by atoms with Crippen LogP contribution in [0.25, 0.3) is 10.9 Å². The molecule has 2 fully saturated rings. The van der Waals surface area contributed by atoms with Crippen LogP contribution in [0.15, 0.2) is 36.4 Å². The molecule has 2 aromatic heterocycles. The lowest BCUT2D eigenvalue weighted by molar-refractivity contribution is -0.0613. The maximum Gasteiger partial charge on any atom is 0.259 e. The Morgan fingerprint density at radius 2 is 1.90 bits per heavy atom. The number of benzene rings is 1. The predicted molar refractivity (Wildman–Crippen MR) is 151 cm³/mol. The fraction of sp³-hybridized carbons (Fsp3) is 0.500. The molecule has 0 radical (unpaired) electrons. The van der Waals surface area contributed by atoms with E-state index in [1.165, 1.54) is 18.9 Å². The van der Waals surface area contributed by atoms with Crippen LogP contribution >= 0.6 is 0 Å². The van der Waals surface area contributed by atoms with Gasteiger partial charge in [0, 0.05) is 24.2 Å². The number of carbonyl (C=O) groups excluding carboxylic acids is 1. The monoisotopic (exact) mass is 553 g/mol. The molecule has 10 nitrogen and oxygen atoms in total. The van der Waals surface area contributed by atoms with Crippen LogP contribution in [-0.2, 0) is 27.9 Å². The van der Waals surface area contributed by atoms with Crippen LogP contribution < -0.4 is 14.9 Å². The van der Waals surface area contributed by atoms with Gasteiger partial charge in [0.2, 0.25) is 10.0 Å². The number of piperidine rings is 1. The topological polar surface area (TPSA) is 126 Å². The average molecular weight is 554 g/mol. The van der Waals surface area contributed by atoms with Crippen molar-refractivity contribution in [2.45, 2.75) is 58.3 Å². The zero-order valence-electron chi connectivity index (χ0n) is 22.4. The smallest absolute Gasteiger partial charge is 0.259 e.